The number of para-hydroxylation sites is 2. The molecule has 8 heteroatoms. The van der Waals surface area contributed by atoms with Gasteiger partial charge in [-0.25, -0.2) is 4.79 Å². The van der Waals surface area contributed by atoms with E-state index in [2.05, 4.69) is 10.0 Å². The number of phenols is 1. The third-order valence-corrected chi connectivity index (χ3v) is 6.65. The Morgan fingerprint density at radius 3 is 2.65 bits per heavy atom. The number of anilines is 3. The second-order valence-corrected chi connectivity index (χ2v) is 8.92. The van der Waals surface area contributed by atoms with Crippen molar-refractivity contribution in [3.63, 3.8) is 0 Å². The number of aromatic hydroxyl groups is 1. The van der Waals surface area contributed by atoms with E-state index in [4.69, 9.17) is 4.74 Å². The Bertz CT molecular complexity index is 1080. The summed E-state index contributed by atoms with van der Waals surface area (Å²) in [5.74, 6) is -0.191. The van der Waals surface area contributed by atoms with E-state index in [0.717, 1.165) is 55.7 Å². The van der Waals surface area contributed by atoms with Crippen molar-refractivity contribution in [1.29, 1.82) is 0 Å². The Labute approximate surface area is 201 Å². The average molecular weight is 467 g/mol. The molecule has 8 nitrogen and oxygen atoms in total. The van der Waals surface area contributed by atoms with Crippen molar-refractivity contribution in [2.24, 2.45) is 5.10 Å². The molecular weight excluding hydrogens is 430 g/mol. The van der Waals surface area contributed by atoms with Crippen LogP contribution in [0.15, 0.2) is 35.4 Å². The molecule has 0 fully saturated rings. The molecule has 34 heavy (non-hydrogen) atoms. The molecule has 0 aromatic heterocycles. The van der Waals surface area contributed by atoms with Crippen LogP contribution in [-0.4, -0.2) is 64.2 Å². The van der Waals surface area contributed by atoms with Crippen LogP contribution in [0, 0.1) is 0 Å². The zero-order chi connectivity index (χ0) is 24.2. The molecule has 4 rings (SSSR count). The first kappa shape index (κ1) is 23.9. The van der Waals surface area contributed by atoms with Crippen LogP contribution < -0.4 is 20.1 Å². The van der Waals surface area contributed by atoms with Gasteiger partial charge in [0, 0.05) is 44.5 Å². The lowest BCUT2D eigenvalue weighted by atomic mass is 9.90. The van der Waals surface area contributed by atoms with Gasteiger partial charge < -0.3 is 25.0 Å². The number of carbonyl (C=O) groups is 1. The number of hydrogen-bond acceptors (Lipinski definition) is 7. The van der Waals surface area contributed by atoms with E-state index in [0.29, 0.717) is 5.69 Å². The second-order valence-electron chi connectivity index (χ2n) is 8.92. The van der Waals surface area contributed by atoms with Crippen molar-refractivity contribution < 1.29 is 20.0 Å². The highest BCUT2D eigenvalue weighted by Crippen LogP contribution is 2.45. The number of ether oxygens (including phenoxy) is 1. The number of hydrogen-bond donors (Lipinski definition) is 2. The molecule has 2 aromatic rings. The Kier molecular flexibility index (Phi) is 7.26. The summed E-state index contributed by atoms with van der Waals surface area (Å²) in [4.78, 5) is 17.2. The van der Waals surface area contributed by atoms with E-state index in [-0.39, 0.29) is 24.6 Å². The normalized spacial score (nSPS) is 15.1. The quantitative estimate of drug-likeness (QED) is 0.269. The maximum Gasteiger partial charge on any atom is 0.356 e. The van der Waals surface area contributed by atoms with Crippen LogP contribution in [0.4, 0.5) is 22.7 Å². The second kappa shape index (κ2) is 10.3. The van der Waals surface area contributed by atoms with E-state index in [1.54, 1.807) is 19.0 Å². The standard InChI is InChI=1S/C26H35N5O3/c1-5-34-26(33)21(17-29(3)22-13-7-6-12-20(22)27-2)28-30(4)23-16-18-10-8-14-31-15-9-11-19(24(18)31)25(23)32/h6-7,12-13,16,27,32H,5,8-11,14-15,17H2,1-4H3/p+1/b28-21-. The Morgan fingerprint density at radius 2 is 1.91 bits per heavy atom. The fourth-order valence-corrected chi connectivity index (χ4v) is 5.05. The van der Waals surface area contributed by atoms with Gasteiger partial charge in [-0.15, -0.1) is 0 Å². The van der Waals surface area contributed by atoms with E-state index >= 15 is 0 Å². The highest BCUT2D eigenvalue weighted by molar-refractivity contribution is 6.38. The summed E-state index contributed by atoms with van der Waals surface area (Å²) in [6.07, 6.45) is 3.98. The van der Waals surface area contributed by atoms with Crippen molar-refractivity contribution in [3.05, 3.63) is 41.5 Å². The molecule has 0 amide bonds. The summed E-state index contributed by atoms with van der Waals surface area (Å²) < 4.78 is 5.32. The molecule has 2 heterocycles. The number of quaternary nitrogens is 1. The zero-order valence-corrected chi connectivity index (χ0v) is 20.7. The summed E-state index contributed by atoms with van der Waals surface area (Å²) >= 11 is 0. The Hall–Kier alpha value is -3.26. The van der Waals surface area contributed by atoms with Crippen LogP contribution in [-0.2, 0) is 22.4 Å². The minimum atomic E-state index is -0.455. The Balaban J connectivity index is 1.67. The average Bonchev–Trinajstić information content (AvgIpc) is 2.85. The molecule has 0 aliphatic carbocycles. The number of rotatable bonds is 8. The van der Waals surface area contributed by atoms with Crippen LogP contribution >= 0.6 is 0 Å². The molecule has 2 aliphatic rings. The van der Waals surface area contributed by atoms with Gasteiger partial charge in [0.05, 0.1) is 25.9 Å². The molecular formula is C26H36N5O3+. The van der Waals surface area contributed by atoms with Crippen molar-refractivity contribution in [3.8, 4) is 5.75 Å². The third kappa shape index (κ3) is 4.68. The lowest BCUT2D eigenvalue weighted by Crippen LogP contribution is -2.73. The predicted octanol–water partition coefficient (Wildman–Crippen LogP) is 2.41. The molecule has 0 spiro atoms. The van der Waals surface area contributed by atoms with Gasteiger partial charge in [0.25, 0.3) is 0 Å². The molecule has 2 aromatic carbocycles. The fraction of sp³-hybridized carbons (Fsp3) is 0.462. The van der Waals surface area contributed by atoms with E-state index in [9.17, 15) is 9.90 Å². The summed E-state index contributed by atoms with van der Waals surface area (Å²) in [6.45, 7) is 4.43. The van der Waals surface area contributed by atoms with Gasteiger partial charge >= 0.3 is 5.97 Å². The number of phenolic OH excluding ortho intramolecular Hbond substituents is 1. The zero-order valence-electron chi connectivity index (χ0n) is 20.7. The van der Waals surface area contributed by atoms with Crippen molar-refractivity contribution in [2.75, 3.05) is 62.2 Å². The number of esters is 1. The van der Waals surface area contributed by atoms with Gasteiger partial charge in [0.2, 0.25) is 0 Å². The number of benzene rings is 2. The largest absolute Gasteiger partial charge is 0.505 e. The van der Waals surface area contributed by atoms with Gasteiger partial charge in [-0.1, -0.05) is 12.1 Å². The fourth-order valence-electron chi connectivity index (χ4n) is 5.05. The predicted molar refractivity (Wildman–Crippen MR) is 137 cm³/mol. The molecule has 0 radical (unpaired) electrons. The van der Waals surface area contributed by atoms with Crippen molar-refractivity contribution in [2.45, 2.75) is 32.6 Å². The number of aryl methyl sites for hydroxylation is 1. The number of nitrogens with two attached hydrogens (primary N) is 1. The first-order chi connectivity index (χ1) is 16.4. The van der Waals surface area contributed by atoms with Crippen LogP contribution in [0.1, 0.15) is 30.9 Å². The van der Waals surface area contributed by atoms with Crippen molar-refractivity contribution >= 4 is 34.4 Å². The number of hydrazone groups is 1. The highest BCUT2D eigenvalue weighted by Gasteiger charge is 2.29. The molecule has 0 atom stereocenters. The summed E-state index contributed by atoms with van der Waals surface area (Å²) in [6, 6.07) is 10.1. The van der Waals surface area contributed by atoms with Crippen LogP contribution in [0.2, 0.25) is 0 Å². The van der Waals surface area contributed by atoms with Gasteiger partial charge in [0.1, 0.15) is 11.4 Å². The van der Waals surface area contributed by atoms with Crippen LogP contribution in [0.3, 0.4) is 0 Å². The number of carbonyl (C=O) groups excluding carboxylic acids is 1. The topological polar surface area (TPSA) is 85.2 Å². The molecule has 0 unspecified atom stereocenters. The lowest BCUT2D eigenvalue weighted by Gasteiger charge is -2.38. The Morgan fingerprint density at radius 1 is 1.18 bits per heavy atom. The maximum absolute atomic E-state index is 12.8. The first-order valence-corrected chi connectivity index (χ1v) is 12.1. The maximum atomic E-state index is 12.8. The SMILES string of the molecule is CCOC(=O)/C(CN(C)c1ccccc1[NH2+]C)=N\N(C)c1cc2c3c(c1O)CCCN3CCC2. The van der Waals surface area contributed by atoms with Crippen LogP contribution in [0.25, 0.3) is 0 Å². The molecule has 0 bridgehead atoms. The van der Waals surface area contributed by atoms with Gasteiger partial charge in [-0.2, -0.15) is 5.10 Å². The van der Waals surface area contributed by atoms with Crippen molar-refractivity contribution in [1.82, 2.24) is 0 Å². The van der Waals surface area contributed by atoms with E-state index < -0.39 is 5.97 Å². The summed E-state index contributed by atoms with van der Waals surface area (Å²) in [7, 11) is 5.71. The minimum Gasteiger partial charge on any atom is -0.505 e. The van der Waals surface area contributed by atoms with Gasteiger partial charge in [-0.05, 0) is 50.3 Å². The lowest BCUT2D eigenvalue weighted by molar-refractivity contribution is -0.538. The molecule has 182 valence electrons. The first-order valence-electron chi connectivity index (χ1n) is 12.1. The van der Waals surface area contributed by atoms with E-state index in [1.165, 1.54) is 11.3 Å². The molecule has 3 N–H and O–H groups in total. The van der Waals surface area contributed by atoms with Gasteiger partial charge in [0.15, 0.2) is 11.4 Å². The minimum absolute atomic E-state index is 0.263. The highest BCUT2D eigenvalue weighted by atomic mass is 16.5. The summed E-state index contributed by atoms with van der Waals surface area (Å²) in [5, 5.41) is 19.5. The molecule has 0 saturated heterocycles. The molecule has 2 aliphatic heterocycles. The monoisotopic (exact) mass is 466 g/mol. The smallest absolute Gasteiger partial charge is 0.356 e. The third-order valence-electron chi connectivity index (χ3n) is 6.65. The summed E-state index contributed by atoms with van der Waals surface area (Å²) in [5.41, 5.74) is 6.45. The van der Waals surface area contributed by atoms with Gasteiger partial charge in [-0.3, -0.25) is 5.01 Å². The number of nitrogens with zero attached hydrogens (tertiary/aromatic N) is 4. The van der Waals surface area contributed by atoms with E-state index in [1.807, 2.05) is 54.6 Å². The van der Waals surface area contributed by atoms with Crippen LogP contribution in [0.5, 0.6) is 5.75 Å². The molecule has 0 saturated carbocycles.